The van der Waals surface area contributed by atoms with Crippen molar-refractivity contribution in [2.24, 2.45) is 0 Å². The molecule has 0 radical (unpaired) electrons. The SMILES string of the molecule is Cc1nc([C@@H]2CCCN2C(=O)C(C)(C)O)nc2c1CCC(=O)N2CCCc1ccccc1. The number of aliphatic hydroxyl groups is 1. The van der Waals surface area contributed by atoms with Crippen LogP contribution in [0.2, 0.25) is 0 Å². The number of carbonyl (C=O) groups excluding carboxylic acids is 2. The predicted molar refractivity (Wildman–Crippen MR) is 122 cm³/mol. The number of aromatic nitrogens is 2. The van der Waals surface area contributed by atoms with Crippen LogP contribution in [-0.2, 0) is 22.4 Å². The predicted octanol–water partition coefficient (Wildman–Crippen LogP) is 3.13. The quantitative estimate of drug-likeness (QED) is 0.752. The van der Waals surface area contributed by atoms with Crippen LogP contribution in [0, 0.1) is 6.92 Å². The van der Waals surface area contributed by atoms with Crippen molar-refractivity contribution in [3.05, 3.63) is 53.0 Å². The van der Waals surface area contributed by atoms with Crippen molar-refractivity contribution in [2.75, 3.05) is 18.0 Å². The monoisotopic (exact) mass is 436 g/mol. The Morgan fingerprint density at radius 2 is 1.94 bits per heavy atom. The Morgan fingerprint density at radius 1 is 1.19 bits per heavy atom. The van der Waals surface area contributed by atoms with Crippen LogP contribution >= 0.6 is 0 Å². The zero-order chi connectivity index (χ0) is 22.9. The molecule has 7 heteroatoms. The average molecular weight is 437 g/mol. The molecule has 170 valence electrons. The minimum absolute atomic E-state index is 0.0884. The highest BCUT2D eigenvalue weighted by atomic mass is 16.3. The van der Waals surface area contributed by atoms with Crippen molar-refractivity contribution >= 4 is 17.6 Å². The third-order valence-electron chi connectivity index (χ3n) is 6.38. The van der Waals surface area contributed by atoms with Gasteiger partial charge in [-0.1, -0.05) is 30.3 Å². The molecule has 1 N–H and O–H groups in total. The Labute approximate surface area is 189 Å². The van der Waals surface area contributed by atoms with E-state index in [4.69, 9.17) is 9.97 Å². The summed E-state index contributed by atoms with van der Waals surface area (Å²) >= 11 is 0. The molecule has 2 aliphatic rings. The molecule has 4 rings (SSSR count). The second kappa shape index (κ2) is 8.98. The molecule has 0 bridgehead atoms. The van der Waals surface area contributed by atoms with Crippen molar-refractivity contribution in [3.8, 4) is 0 Å². The molecule has 1 aromatic heterocycles. The standard InChI is InChI=1S/C25H32N4O3/c1-17-19-13-14-21(30)29(16-7-11-18-9-5-4-6-10-18)23(19)27-22(26-17)20-12-8-15-28(20)24(31)25(2,3)32/h4-6,9-10,20,32H,7-8,11-16H2,1-3H3/t20-/m0/s1. The zero-order valence-corrected chi connectivity index (χ0v) is 19.2. The van der Waals surface area contributed by atoms with Gasteiger partial charge in [0.15, 0.2) is 5.82 Å². The van der Waals surface area contributed by atoms with E-state index >= 15 is 0 Å². The van der Waals surface area contributed by atoms with Crippen molar-refractivity contribution in [3.63, 3.8) is 0 Å². The summed E-state index contributed by atoms with van der Waals surface area (Å²) in [6.07, 6.45) is 4.45. The molecule has 0 saturated carbocycles. The molecule has 0 spiro atoms. The van der Waals surface area contributed by atoms with Crippen LogP contribution in [0.3, 0.4) is 0 Å². The molecule has 0 unspecified atom stereocenters. The van der Waals surface area contributed by atoms with Gasteiger partial charge in [0.2, 0.25) is 5.91 Å². The Hall–Kier alpha value is -2.80. The van der Waals surface area contributed by atoms with Crippen LogP contribution in [-0.4, -0.2) is 50.5 Å². The lowest BCUT2D eigenvalue weighted by Crippen LogP contribution is -2.45. The smallest absolute Gasteiger partial charge is 0.254 e. The number of fused-ring (bicyclic) bond motifs is 1. The van der Waals surface area contributed by atoms with E-state index in [0.717, 1.165) is 36.9 Å². The number of aryl methyl sites for hydroxylation is 2. The fourth-order valence-electron chi connectivity index (χ4n) is 4.70. The van der Waals surface area contributed by atoms with E-state index in [0.29, 0.717) is 37.6 Å². The molecule has 0 aliphatic carbocycles. The fourth-order valence-corrected chi connectivity index (χ4v) is 4.70. The molecular formula is C25H32N4O3. The van der Waals surface area contributed by atoms with Gasteiger partial charge in [-0.25, -0.2) is 9.97 Å². The van der Waals surface area contributed by atoms with E-state index in [2.05, 4.69) is 12.1 Å². The molecule has 1 aromatic carbocycles. The van der Waals surface area contributed by atoms with Gasteiger partial charge >= 0.3 is 0 Å². The maximum atomic E-state index is 12.8. The average Bonchev–Trinajstić information content (AvgIpc) is 3.24. The lowest BCUT2D eigenvalue weighted by atomic mass is 10.0. The Bertz CT molecular complexity index is 1000. The van der Waals surface area contributed by atoms with Crippen LogP contribution in [0.1, 0.15) is 68.2 Å². The topological polar surface area (TPSA) is 86.6 Å². The number of nitrogens with zero attached hydrogens (tertiary/aromatic N) is 4. The second-order valence-corrected chi connectivity index (χ2v) is 9.32. The van der Waals surface area contributed by atoms with Crippen molar-refractivity contribution in [1.82, 2.24) is 14.9 Å². The van der Waals surface area contributed by atoms with Crippen LogP contribution in [0.5, 0.6) is 0 Å². The third-order valence-corrected chi connectivity index (χ3v) is 6.38. The minimum atomic E-state index is -1.44. The summed E-state index contributed by atoms with van der Waals surface area (Å²) in [5.74, 6) is 1.04. The number of hydrogen-bond acceptors (Lipinski definition) is 5. The fraction of sp³-hybridized carbons (Fsp3) is 0.520. The van der Waals surface area contributed by atoms with Gasteiger partial charge in [-0.05, 0) is 58.4 Å². The Kier molecular flexibility index (Phi) is 6.29. The van der Waals surface area contributed by atoms with Gasteiger partial charge in [0.05, 0.1) is 6.04 Å². The summed E-state index contributed by atoms with van der Waals surface area (Å²) in [6.45, 7) is 6.16. The molecule has 3 heterocycles. The van der Waals surface area contributed by atoms with Gasteiger partial charge in [0.25, 0.3) is 5.91 Å². The summed E-state index contributed by atoms with van der Waals surface area (Å²) in [7, 11) is 0. The van der Waals surface area contributed by atoms with Gasteiger partial charge in [-0.2, -0.15) is 0 Å². The van der Waals surface area contributed by atoms with Gasteiger partial charge in [-0.3, -0.25) is 14.5 Å². The third kappa shape index (κ3) is 4.53. The lowest BCUT2D eigenvalue weighted by Gasteiger charge is -2.32. The highest BCUT2D eigenvalue weighted by Crippen LogP contribution is 2.35. The van der Waals surface area contributed by atoms with Crippen molar-refractivity contribution < 1.29 is 14.7 Å². The first kappa shape index (κ1) is 22.4. The summed E-state index contributed by atoms with van der Waals surface area (Å²) < 4.78 is 0. The summed E-state index contributed by atoms with van der Waals surface area (Å²) in [5, 5.41) is 10.2. The van der Waals surface area contributed by atoms with Crippen LogP contribution in [0.25, 0.3) is 0 Å². The number of rotatable bonds is 6. The van der Waals surface area contributed by atoms with E-state index in [-0.39, 0.29) is 17.9 Å². The molecular weight excluding hydrogens is 404 g/mol. The second-order valence-electron chi connectivity index (χ2n) is 9.32. The molecule has 2 aliphatic heterocycles. The highest BCUT2D eigenvalue weighted by molar-refractivity contribution is 5.95. The van der Waals surface area contributed by atoms with E-state index in [1.54, 1.807) is 9.80 Å². The molecule has 7 nitrogen and oxygen atoms in total. The van der Waals surface area contributed by atoms with Crippen LogP contribution in [0.15, 0.2) is 30.3 Å². The molecule has 1 saturated heterocycles. The van der Waals surface area contributed by atoms with Crippen molar-refractivity contribution in [2.45, 2.75) is 70.9 Å². The summed E-state index contributed by atoms with van der Waals surface area (Å²) in [6, 6.07) is 9.99. The van der Waals surface area contributed by atoms with Crippen LogP contribution in [0.4, 0.5) is 5.82 Å². The van der Waals surface area contributed by atoms with Gasteiger partial charge < -0.3 is 10.0 Å². The molecule has 1 fully saturated rings. The van der Waals surface area contributed by atoms with Gasteiger partial charge in [0, 0.05) is 30.8 Å². The molecule has 32 heavy (non-hydrogen) atoms. The number of anilines is 1. The summed E-state index contributed by atoms with van der Waals surface area (Å²) in [5.41, 5.74) is 1.70. The molecule has 2 amide bonds. The first-order valence-corrected chi connectivity index (χ1v) is 11.5. The number of amides is 2. The highest BCUT2D eigenvalue weighted by Gasteiger charge is 2.39. The number of hydrogen-bond donors (Lipinski definition) is 1. The minimum Gasteiger partial charge on any atom is -0.381 e. The molecule has 2 aromatic rings. The van der Waals surface area contributed by atoms with E-state index < -0.39 is 5.60 Å². The Balaban J connectivity index is 1.59. The van der Waals surface area contributed by atoms with Gasteiger partial charge in [0.1, 0.15) is 11.4 Å². The van der Waals surface area contributed by atoms with Crippen LogP contribution < -0.4 is 4.90 Å². The van der Waals surface area contributed by atoms with Crippen molar-refractivity contribution in [1.29, 1.82) is 0 Å². The largest absolute Gasteiger partial charge is 0.381 e. The Morgan fingerprint density at radius 3 is 2.66 bits per heavy atom. The molecule has 1 atom stereocenters. The maximum absolute atomic E-state index is 12.8. The zero-order valence-electron chi connectivity index (χ0n) is 19.2. The maximum Gasteiger partial charge on any atom is 0.254 e. The number of benzene rings is 1. The van der Waals surface area contributed by atoms with Gasteiger partial charge in [-0.15, -0.1) is 0 Å². The normalized spacial score (nSPS) is 18.8. The first-order valence-electron chi connectivity index (χ1n) is 11.5. The van der Waals surface area contributed by atoms with E-state index in [9.17, 15) is 14.7 Å². The lowest BCUT2D eigenvalue weighted by molar-refractivity contribution is -0.149. The van der Waals surface area contributed by atoms with E-state index in [1.165, 1.54) is 19.4 Å². The number of likely N-dealkylation sites (tertiary alicyclic amines) is 1. The summed E-state index contributed by atoms with van der Waals surface area (Å²) in [4.78, 5) is 38.7. The van der Waals surface area contributed by atoms with E-state index in [1.807, 2.05) is 25.1 Å². The number of carbonyl (C=O) groups is 2. The first-order chi connectivity index (χ1) is 15.3.